The van der Waals surface area contributed by atoms with Gasteiger partial charge < -0.3 is 14.7 Å². The Balaban J connectivity index is 1.74. The number of alkyl halides is 1. The molecule has 0 atom stereocenters. The zero-order valence-electron chi connectivity index (χ0n) is 15.5. The molecule has 0 bridgehead atoms. The Morgan fingerprint density at radius 1 is 1.15 bits per heavy atom. The lowest BCUT2D eigenvalue weighted by atomic mass is 9.86. The quantitative estimate of drug-likeness (QED) is 0.697. The molecule has 0 unspecified atom stereocenters. The van der Waals surface area contributed by atoms with Gasteiger partial charge in [-0.1, -0.05) is 24.3 Å². The van der Waals surface area contributed by atoms with E-state index in [0.717, 1.165) is 55.2 Å². The van der Waals surface area contributed by atoms with Gasteiger partial charge in [-0.25, -0.2) is 0 Å². The number of halogens is 1. The van der Waals surface area contributed by atoms with Crippen LogP contribution in [0, 0.1) is 5.92 Å². The van der Waals surface area contributed by atoms with E-state index < -0.39 is 0 Å². The van der Waals surface area contributed by atoms with Gasteiger partial charge in [0.25, 0.3) is 0 Å². The highest BCUT2D eigenvalue weighted by Gasteiger charge is 2.21. The Morgan fingerprint density at radius 3 is 2.65 bits per heavy atom. The van der Waals surface area contributed by atoms with Gasteiger partial charge in [0.15, 0.2) is 0 Å². The minimum atomic E-state index is 0.343. The number of ether oxygens (including phenoxy) is 1. The first kappa shape index (κ1) is 19.1. The van der Waals surface area contributed by atoms with Gasteiger partial charge in [-0.15, -0.1) is 11.6 Å². The molecule has 0 aromatic heterocycles. The summed E-state index contributed by atoms with van der Waals surface area (Å²) in [6.07, 6.45) is 4.48. The van der Waals surface area contributed by atoms with Crippen molar-refractivity contribution >= 4 is 11.6 Å². The van der Waals surface area contributed by atoms with E-state index in [1.54, 1.807) is 13.2 Å². The molecule has 3 rings (SSSR count). The highest BCUT2D eigenvalue weighted by molar-refractivity contribution is 6.17. The van der Waals surface area contributed by atoms with Crippen molar-refractivity contribution in [3.05, 3.63) is 48.0 Å². The first-order valence-electron chi connectivity index (χ1n) is 9.45. The summed E-state index contributed by atoms with van der Waals surface area (Å²) >= 11 is 5.81. The van der Waals surface area contributed by atoms with Crippen molar-refractivity contribution in [2.75, 3.05) is 32.6 Å². The first-order chi connectivity index (χ1) is 12.7. The second kappa shape index (κ2) is 9.29. The molecule has 0 saturated carbocycles. The van der Waals surface area contributed by atoms with E-state index in [2.05, 4.69) is 11.0 Å². The van der Waals surface area contributed by atoms with E-state index in [4.69, 9.17) is 16.3 Å². The Labute approximate surface area is 161 Å². The van der Waals surface area contributed by atoms with E-state index >= 15 is 0 Å². The first-order valence-corrected chi connectivity index (χ1v) is 9.98. The molecular formula is C22H28ClNO2. The number of phenolic OH excluding ortho intramolecular Hbond substituents is 1. The Morgan fingerprint density at radius 2 is 1.92 bits per heavy atom. The maximum absolute atomic E-state index is 10.5. The molecule has 1 N–H and O–H groups in total. The van der Waals surface area contributed by atoms with Crippen LogP contribution in [0.5, 0.6) is 11.5 Å². The molecule has 0 radical (unpaired) electrons. The molecule has 2 aromatic carbocycles. The van der Waals surface area contributed by atoms with Crippen LogP contribution in [0.1, 0.15) is 24.8 Å². The topological polar surface area (TPSA) is 32.7 Å². The van der Waals surface area contributed by atoms with E-state index in [1.165, 1.54) is 18.4 Å². The van der Waals surface area contributed by atoms with Crippen LogP contribution in [0.2, 0.25) is 0 Å². The zero-order chi connectivity index (χ0) is 18.4. The van der Waals surface area contributed by atoms with E-state index in [-0.39, 0.29) is 0 Å². The maximum Gasteiger partial charge on any atom is 0.123 e. The summed E-state index contributed by atoms with van der Waals surface area (Å²) in [7, 11) is 1.67. The molecule has 3 nitrogen and oxygen atoms in total. The maximum atomic E-state index is 10.5. The molecule has 1 saturated heterocycles. The summed E-state index contributed by atoms with van der Waals surface area (Å²) in [5.41, 5.74) is 3.17. The van der Waals surface area contributed by atoms with Crippen LogP contribution in [0.4, 0.5) is 0 Å². The number of hydrogen-bond acceptors (Lipinski definition) is 3. The molecule has 0 aliphatic carbocycles. The molecule has 1 aliphatic heterocycles. The van der Waals surface area contributed by atoms with E-state index in [9.17, 15) is 5.11 Å². The Hall–Kier alpha value is -1.71. The zero-order valence-corrected chi connectivity index (χ0v) is 16.2. The van der Waals surface area contributed by atoms with Gasteiger partial charge >= 0.3 is 0 Å². The summed E-state index contributed by atoms with van der Waals surface area (Å²) in [6.45, 7) is 3.40. The SMILES string of the molecule is COc1cccc(-c2c(O)cccc2CC2CCN(CCCCl)CC2)c1. The Bertz CT molecular complexity index is 711. The molecule has 2 aromatic rings. The number of piperidine rings is 1. The lowest BCUT2D eigenvalue weighted by Gasteiger charge is -2.32. The summed E-state index contributed by atoms with van der Waals surface area (Å²) < 4.78 is 5.35. The molecule has 1 aliphatic rings. The van der Waals surface area contributed by atoms with Crippen molar-refractivity contribution in [2.45, 2.75) is 25.7 Å². The van der Waals surface area contributed by atoms with Gasteiger partial charge in [-0.2, -0.15) is 0 Å². The van der Waals surface area contributed by atoms with Gasteiger partial charge in [0.1, 0.15) is 11.5 Å². The minimum absolute atomic E-state index is 0.343. The fraction of sp³-hybridized carbons (Fsp3) is 0.455. The molecule has 1 heterocycles. The van der Waals surface area contributed by atoms with Crippen molar-refractivity contribution in [1.82, 2.24) is 4.90 Å². The fourth-order valence-electron chi connectivity index (χ4n) is 3.88. The minimum Gasteiger partial charge on any atom is -0.507 e. The number of likely N-dealkylation sites (tertiary alicyclic amines) is 1. The summed E-state index contributed by atoms with van der Waals surface area (Å²) in [6, 6.07) is 13.8. The highest BCUT2D eigenvalue weighted by Crippen LogP contribution is 2.36. The lowest BCUT2D eigenvalue weighted by Crippen LogP contribution is -2.35. The molecule has 140 valence electrons. The Kier molecular flexibility index (Phi) is 6.81. The average Bonchev–Trinajstić information content (AvgIpc) is 2.67. The third kappa shape index (κ3) is 4.72. The second-order valence-electron chi connectivity index (χ2n) is 7.07. The van der Waals surface area contributed by atoms with Crippen LogP contribution in [-0.2, 0) is 6.42 Å². The molecular weight excluding hydrogens is 346 g/mol. The van der Waals surface area contributed by atoms with Crippen molar-refractivity contribution in [3.63, 3.8) is 0 Å². The van der Waals surface area contributed by atoms with Crippen LogP contribution in [-0.4, -0.2) is 42.6 Å². The van der Waals surface area contributed by atoms with Crippen LogP contribution in [0.25, 0.3) is 11.1 Å². The normalized spacial score (nSPS) is 15.9. The van der Waals surface area contributed by atoms with Gasteiger partial charge in [-0.05, 0) is 80.6 Å². The van der Waals surface area contributed by atoms with Gasteiger partial charge in [0, 0.05) is 11.4 Å². The average molecular weight is 374 g/mol. The molecule has 4 heteroatoms. The van der Waals surface area contributed by atoms with Gasteiger partial charge in [-0.3, -0.25) is 0 Å². The monoisotopic (exact) mass is 373 g/mol. The van der Waals surface area contributed by atoms with Gasteiger partial charge in [0.05, 0.1) is 7.11 Å². The summed E-state index contributed by atoms with van der Waals surface area (Å²) in [5, 5.41) is 10.5. The van der Waals surface area contributed by atoms with Crippen LogP contribution in [0.3, 0.4) is 0 Å². The number of phenols is 1. The summed E-state index contributed by atoms with van der Waals surface area (Å²) in [4.78, 5) is 2.52. The number of hydrogen-bond donors (Lipinski definition) is 1. The third-order valence-electron chi connectivity index (χ3n) is 5.31. The number of benzene rings is 2. The number of nitrogens with zero attached hydrogens (tertiary/aromatic N) is 1. The molecule has 0 spiro atoms. The molecule has 1 fully saturated rings. The lowest BCUT2D eigenvalue weighted by molar-refractivity contribution is 0.184. The van der Waals surface area contributed by atoms with Crippen LogP contribution >= 0.6 is 11.6 Å². The molecule has 26 heavy (non-hydrogen) atoms. The number of methoxy groups -OCH3 is 1. The third-order valence-corrected chi connectivity index (χ3v) is 5.58. The van der Waals surface area contributed by atoms with Crippen molar-refractivity contribution in [1.29, 1.82) is 0 Å². The van der Waals surface area contributed by atoms with E-state index in [0.29, 0.717) is 11.7 Å². The second-order valence-corrected chi connectivity index (χ2v) is 7.45. The molecule has 0 amide bonds. The fourth-order valence-corrected chi connectivity index (χ4v) is 4.00. The van der Waals surface area contributed by atoms with Crippen LogP contribution < -0.4 is 4.74 Å². The largest absolute Gasteiger partial charge is 0.507 e. The van der Waals surface area contributed by atoms with Crippen molar-refractivity contribution in [3.8, 4) is 22.6 Å². The van der Waals surface area contributed by atoms with Crippen molar-refractivity contribution < 1.29 is 9.84 Å². The van der Waals surface area contributed by atoms with Crippen molar-refractivity contribution in [2.24, 2.45) is 5.92 Å². The number of aromatic hydroxyl groups is 1. The van der Waals surface area contributed by atoms with E-state index in [1.807, 2.05) is 30.3 Å². The smallest absolute Gasteiger partial charge is 0.123 e. The number of rotatable bonds is 7. The highest BCUT2D eigenvalue weighted by atomic mass is 35.5. The van der Waals surface area contributed by atoms with Crippen LogP contribution in [0.15, 0.2) is 42.5 Å². The van der Waals surface area contributed by atoms with Gasteiger partial charge in [0.2, 0.25) is 0 Å². The predicted octanol–water partition coefficient (Wildman–Crippen LogP) is 4.95. The standard InChI is InChI=1S/C22H28ClNO2/c1-26-20-7-2-5-19(16-20)22-18(6-3-8-21(22)25)15-17-9-13-24(14-10-17)12-4-11-23/h2-3,5-8,16-17,25H,4,9-15H2,1H3. The predicted molar refractivity (Wildman–Crippen MR) is 108 cm³/mol. The summed E-state index contributed by atoms with van der Waals surface area (Å²) in [5.74, 6) is 2.56.